The lowest BCUT2D eigenvalue weighted by Gasteiger charge is -2.40. The zero-order valence-electron chi connectivity index (χ0n) is 15.4. The number of carbonyl (C=O) groups is 1. The highest BCUT2D eigenvalue weighted by molar-refractivity contribution is 5.95. The van der Waals surface area contributed by atoms with E-state index in [4.69, 9.17) is 9.47 Å². The minimum absolute atomic E-state index is 0.00410. The molecule has 5 heteroatoms. The van der Waals surface area contributed by atoms with Gasteiger partial charge in [0.15, 0.2) is 0 Å². The van der Waals surface area contributed by atoms with Crippen LogP contribution in [0.1, 0.15) is 41.4 Å². The summed E-state index contributed by atoms with van der Waals surface area (Å²) < 4.78 is 24.0. The fourth-order valence-electron chi connectivity index (χ4n) is 3.57. The van der Waals surface area contributed by atoms with Crippen LogP contribution in [0.4, 0.5) is 4.39 Å². The van der Waals surface area contributed by atoms with Gasteiger partial charge in [-0.25, -0.2) is 4.39 Å². The van der Waals surface area contributed by atoms with E-state index in [1.165, 1.54) is 6.07 Å². The van der Waals surface area contributed by atoms with E-state index in [0.717, 1.165) is 11.1 Å². The first-order valence-corrected chi connectivity index (χ1v) is 8.84. The molecule has 2 aromatic carbocycles. The third kappa shape index (κ3) is 3.73. The van der Waals surface area contributed by atoms with Crippen LogP contribution in [0, 0.1) is 5.82 Å². The average Bonchev–Trinajstić information content (AvgIpc) is 2.62. The normalized spacial score (nSPS) is 19.2. The Morgan fingerprint density at radius 1 is 1.15 bits per heavy atom. The predicted molar refractivity (Wildman–Crippen MR) is 98.0 cm³/mol. The lowest BCUT2D eigenvalue weighted by molar-refractivity contribution is 0.0580. The van der Waals surface area contributed by atoms with Crippen LogP contribution in [0.25, 0.3) is 0 Å². The molecule has 0 bridgehead atoms. The molecule has 2 atom stereocenters. The predicted octanol–water partition coefficient (Wildman–Crippen LogP) is 4.00. The second-order valence-corrected chi connectivity index (χ2v) is 6.65. The van der Waals surface area contributed by atoms with E-state index < -0.39 is 0 Å². The summed E-state index contributed by atoms with van der Waals surface area (Å²) in [4.78, 5) is 14.9. The summed E-state index contributed by atoms with van der Waals surface area (Å²) in [7, 11) is 1.62. The Hall–Kier alpha value is -2.40. The van der Waals surface area contributed by atoms with Crippen LogP contribution in [0.3, 0.4) is 0 Å². The van der Waals surface area contributed by atoms with Crippen molar-refractivity contribution in [3.8, 4) is 5.75 Å². The molecule has 4 nitrogen and oxygen atoms in total. The number of fused-ring (bicyclic) bond motifs is 1. The monoisotopic (exact) mass is 357 g/mol. The maximum atomic E-state index is 13.5. The number of carbonyl (C=O) groups excluding carboxylic acids is 1. The molecule has 1 aliphatic rings. The van der Waals surface area contributed by atoms with Crippen molar-refractivity contribution in [2.75, 3.05) is 20.3 Å². The van der Waals surface area contributed by atoms with Gasteiger partial charge in [0.05, 0.1) is 12.6 Å². The van der Waals surface area contributed by atoms with Crippen molar-refractivity contribution in [3.05, 3.63) is 65.0 Å². The highest BCUT2D eigenvalue weighted by Crippen LogP contribution is 2.34. The van der Waals surface area contributed by atoms with Crippen molar-refractivity contribution >= 4 is 5.91 Å². The molecule has 0 aliphatic carbocycles. The molecule has 0 saturated carbocycles. The Labute approximate surface area is 153 Å². The van der Waals surface area contributed by atoms with Gasteiger partial charge in [0.25, 0.3) is 5.91 Å². The van der Waals surface area contributed by atoms with Gasteiger partial charge in [-0.2, -0.15) is 0 Å². The standard InChI is InChI=1S/C21H24FNO3/c1-14-12-17-13-18(22)6-9-20(17)15(2)23(14)21(24)16-4-7-19(8-5-16)26-11-10-25-3/h4-9,13-15H,10-12H2,1-3H3/t14-,15-/m1/s1. The summed E-state index contributed by atoms with van der Waals surface area (Å²) in [5.74, 6) is 0.453. The minimum Gasteiger partial charge on any atom is -0.491 e. The van der Waals surface area contributed by atoms with Crippen LogP contribution in [0.15, 0.2) is 42.5 Å². The van der Waals surface area contributed by atoms with Crippen LogP contribution in [-0.2, 0) is 11.2 Å². The topological polar surface area (TPSA) is 38.8 Å². The quantitative estimate of drug-likeness (QED) is 0.759. The first kappa shape index (κ1) is 18.4. The zero-order valence-corrected chi connectivity index (χ0v) is 15.4. The number of methoxy groups -OCH3 is 1. The molecule has 138 valence electrons. The van der Waals surface area contributed by atoms with E-state index in [2.05, 4.69) is 0 Å². The van der Waals surface area contributed by atoms with Crippen molar-refractivity contribution in [1.29, 1.82) is 0 Å². The summed E-state index contributed by atoms with van der Waals surface area (Å²) in [5, 5.41) is 0. The molecule has 1 aliphatic heterocycles. The molecule has 0 radical (unpaired) electrons. The van der Waals surface area contributed by atoms with Crippen LogP contribution in [0.5, 0.6) is 5.75 Å². The van der Waals surface area contributed by atoms with Gasteiger partial charge in [-0.3, -0.25) is 4.79 Å². The minimum atomic E-state index is -0.230. The summed E-state index contributed by atoms with van der Waals surface area (Å²) in [6.07, 6.45) is 0.654. The number of benzene rings is 2. The Kier molecular flexibility index (Phi) is 5.57. The molecule has 3 rings (SSSR count). The molecular weight excluding hydrogens is 333 g/mol. The number of rotatable bonds is 5. The molecule has 0 saturated heterocycles. The summed E-state index contributed by atoms with van der Waals surface area (Å²) in [6.45, 7) is 4.98. The lowest BCUT2D eigenvalue weighted by Crippen LogP contribution is -2.45. The van der Waals surface area contributed by atoms with Crippen LogP contribution >= 0.6 is 0 Å². The van der Waals surface area contributed by atoms with Crippen molar-refractivity contribution in [2.24, 2.45) is 0 Å². The van der Waals surface area contributed by atoms with E-state index in [-0.39, 0.29) is 23.8 Å². The van der Waals surface area contributed by atoms with Crippen LogP contribution in [-0.4, -0.2) is 37.2 Å². The number of amides is 1. The first-order valence-electron chi connectivity index (χ1n) is 8.84. The molecule has 2 aromatic rings. The number of halogens is 1. The van der Waals surface area contributed by atoms with Gasteiger partial charge in [-0.1, -0.05) is 6.07 Å². The summed E-state index contributed by atoms with van der Waals surface area (Å²) in [5.41, 5.74) is 2.61. The van der Waals surface area contributed by atoms with Crippen LogP contribution < -0.4 is 4.74 Å². The maximum Gasteiger partial charge on any atom is 0.254 e. The first-order chi connectivity index (χ1) is 12.5. The van der Waals surface area contributed by atoms with E-state index in [1.807, 2.05) is 18.7 Å². The molecular formula is C21H24FNO3. The highest BCUT2D eigenvalue weighted by atomic mass is 19.1. The average molecular weight is 357 g/mol. The Morgan fingerprint density at radius 3 is 2.58 bits per heavy atom. The van der Waals surface area contributed by atoms with E-state index in [0.29, 0.717) is 30.9 Å². The van der Waals surface area contributed by atoms with Crippen molar-refractivity contribution < 1.29 is 18.7 Å². The largest absolute Gasteiger partial charge is 0.491 e. The summed E-state index contributed by atoms with van der Waals surface area (Å²) in [6, 6.07) is 11.9. The maximum absolute atomic E-state index is 13.5. The molecule has 0 aromatic heterocycles. The third-order valence-corrected chi connectivity index (χ3v) is 4.85. The van der Waals surface area contributed by atoms with Gasteiger partial charge in [-0.15, -0.1) is 0 Å². The van der Waals surface area contributed by atoms with Gasteiger partial charge in [0, 0.05) is 18.7 Å². The Balaban J connectivity index is 1.77. The fraction of sp³-hybridized carbons (Fsp3) is 0.381. The smallest absolute Gasteiger partial charge is 0.254 e. The van der Waals surface area contributed by atoms with Crippen molar-refractivity contribution in [1.82, 2.24) is 4.90 Å². The zero-order chi connectivity index (χ0) is 18.7. The third-order valence-electron chi connectivity index (χ3n) is 4.85. The van der Waals surface area contributed by atoms with Gasteiger partial charge in [0.2, 0.25) is 0 Å². The molecule has 0 fully saturated rings. The molecule has 0 spiro atoms. The Morgan fingerprint density at radius 2 is 1.88 bits per heavy atom. The van der Waals surface area contributed by atoms with Crippen molar-refractivity contribution in [2.45, 2.75) is 32.4 Å². The molecule has 0 unspecified atom stereocenters. The Bertz CT molecular complexity index is 775. The van der Waals surface area contributed by atoms with Gasteiger partial charge in [0.1, 0.15) is 18.2 Å². The molecule has 1 amide bonds. The van der Waals surface area contributed by atoms with E-state index in [1.54, 1.807) is 43.5 Å². The van der Waals surface area contributed by atoms with Gasteiger partial charge in [-0.05, 0) is 67.8 Å². The van der Waals surface area contributed by atoms with E-state index >= 15 is 0 Å². The molecule has 26 heavy (non-hydrogen) atoms. The highest BCUT2D eigenvalue weighted by Gasteiger charge is 2.33. The second kappa shape index (κ2) is 7.87. The molecule has 0 N–H and O–H groups in total. The summed E-state index contributed by atoms with van der Waals surface area (Å²) >= 11 is 0. The van der Waals surface area contributed by atoms with Gasteiger partial charge < -0.3 is 14.4 Å². The fourth-order valence-corrected chi connectivity index (χ4v) is 3.57. The lowest BCUT2D eigenvalue weighted by atomic mass is 9.89. The number of hydrogen-bond acceptors (Lipinski definition) is 3. The number of hydrogen-bond donors (Lipinski definition) is 0. The van der Waals surface area contributed by atoms with Crippen LogP contribution in [0.2, 0.25) is 0 Å². The van der Waals surface area contributed by atoms with Crippen molar-refractivity contribution in [3.63, 3.8) is 0 Å². The second-order valence-electron chi connectivity index (χ2n) is 6.65. The SMILES string of the molecule is COCCOc1ccc(C(=O)N2[C@H](C)Cc3cc(F)ccc3[C@H]2C)cc1. The van der Waals surface area contributed by atoms with E-state index in [9.17, 15) is 9.18 Å². The number of ether oxygens (including phenoxy) is 2. The van der Waals surface area contributed by atoms with Gasteiger partial charge >= 0.3 is 0 Å². The number of nitrogens with zero attached hydrogens (tertiary/aromatic N) is 1. The molecule has 1 heterocycles.